The van der Waals surface area contributed by atoms with Crippen LogP contribution in [0.5, 0.6) is 0 Å². The Hall–Kier alpha value is -1.82. The van der Waals surface area contributed by atoms with Crippen LogP contribution in [0.1, 0.15) is 10.5 Å². The van der Waals surface area contributed by atoms with E-state index in [0.29, 0.717) is 4.47 Å². The van der Waals surface area contributed by atoms with Crippen molar-refractivity contribution in [3.05, 3.63) is 46.4 Å². The monoisotopic (exact) mass is 296 g/mol. The summed E-state index contributed by atoms with van der Waals surface area (Å²) in [6, 6.07) is 5.64. The first-order chi connectivity index (χ1) is 8.08. The summed E-state index contributed by atoms with van der Waals surface area (Å²) >= 11 is 3.13. The number of nitrogens with zero attached hydrogens (tertiary/aromatic N) is 2. The van der Waals surface area contributed by atoms with Crippen LogP contribution in [-0.4, -0.2) is 21.0 Å². The van der Waals surface area contributed by atoms with Crippen LogP contribution in [0, 0.1) is 5.82 Å². The first kappa shape index (κ1) is 11.7. The minimum Gasteiger partial charge on any atom is -0.477 e. The van der Waals surface area contributed by atoms with E-state index in [2.05, 4.69) is 25.9 Å². The second kappa shape index (κ2) is 4.58. The number of aromatic nitrogens is 2. The summed E-state index contributed by atoms with van der Waals surface area (Å²) < 4.78 is 14.2. The molecule has 1 aromatic carbocycles. The Kier molecular flexibility index (Phi) is 3.14. The van der Waals surface area contributed by atoms with E-state index in [-0.39, 0.29) is 17.1 Å². The van der Waals surface area contributed by atoms with Crippen molar-refractivity contribution in [3.63, 3.8) is 0 Å². The van der Waals surface area contributed by atoms with Crippen LogP contribution in [0.25, 0.3) is 11.4 Å². The molecule has 1 N–H and O–H groups in total. The lowest BCUT2D eigenvalue weighted by molar-refractivity contribution is 0.0690. The normalized spacial score (nSPS) is 10.2. The molecule has 6 heteroatoms. The van der Waals surface area contributed by atoms with E-state index in [1.165, 1.54) is 24.4 Å². The van der Waals surface area contributed by atoms with Crippen molar-refractivity contribution in [1.29, 1.82) is 0 Å². The zero-order chi connectivity index (χ0) is 12.4. The van der Waals surface area contributed by atoms with Gasteiger partial charge >= 0.3 is 5.97 Å². The molecule has 0 spiro atoms. The minimum atomic E-state index is -1.17. The van der Waals surface area contributed by atoms with Gasteiger partial charge in [-0.2, -0.15) is 0 Å². The van der Waals surface area contributed by atoms with Crippen molar-refractivity contribution in [2.75, 3.05) is 0 Å². The summed E-state index contributed by atoms with van der Waals surface area (Å²) in [6.07, 6.45) is 1.28. The molecular weight excluding hydrogens is 291 g/mol. The predicted octanol–water partition coefficient (Wildman–Crippen LogP) is 2.74. The van der Waals surface area contributed by atoms with Gasteiger partial charge in [0.05, 0.1) is 5.56 Å². The highest BCUT2D eigenvalue weighted by Crippen LogP contribution is 2.22. The zero-order valence-electron chi connectivity index (χ0n) is 8.39. The molecule has 0 amide bonds. The van der Waals surface area contributed by atoms with E-state index >= 15 is 0 Å². The fourth-order valence-electron chi connectivity index (χ4n) is 1.28. The number of benzene rings is 1. The molecule has 2 aromatic rings. The van der Waals surface area contributed by atoms with Gasteiger partial charge in [-0.15, -0.1) is 0 Å². The van der Waals surface area contributed by atoms with Gasteiger partial charge in [-0.05, 0) is 24.3 Å². The summed E-state index contributed by atoms with van der Waals surface area (Å²) in [5.41, 5.74) is -0.00591. The van der Waals surface area contributed by atoms with Crippen molar-refractivity contribution in [1.82, 2.24) is 9.97 Å². The standard InChI is InChI=1S/C11H6BrFN2O2/c12-6-1-2-7(8(13)5-6)10-14-4-3-9(15-10)11(16)17/h1-5H,(H,16,17). The third-order valence-corrected chi connectivity index (χ3v) is 2.54. The Bertz CT molecular complexity index is 589. The van der Waals surface area contributed by atoms with Gasteiger partial charge in [0, 0.05) is 10.7 Å². The Balaban J connectivity index is 2.53. The molecule has 1 heterocycles. The molecule has 0 saturated carbocycles. The zero-order valence-corrected chi connectivity index (χ0v) is 9.98. The molecule has 0 bridgehead atoms. The van der Waals surface area contributed by atoms with Gasteiger partial charge in [0.25, 0.3) is 0 Å². The number of carboxylic acids is 1. The molecule has 0 aliphatic carbocycles. The van der Waals surface area contributed by atoms with Crippen LogP contribution in [0.4, 0.5) is 4.39 Å². The lowest BCUT2D eigenvalue weighted by Gasteiger charge is -2.02. The Labute approximate surface area is 104 Å². The Morgan fingerprint density at radius 2 is 2.12 bits per heavy atom. The molecule has 1 aromatic heterocycles. The maximum atomic E-state index is 13.6. The molecule has 17 heavy (non-hydrogen) atoms. The topological polar surface area (TPSA) is 63.1 Å². The quantitative estimate of drug-likeness (QED) is 0.925. The Morgan fingerprint density at radius 3 is 2.76 bits per heavy atom. The molecule has 0 saturated heterocycles. The van der Waals surface area contributed by atoms with Crippen molar-refractivity contribution in [2.45, 2.75) is 0 Å². The average Bonchev–Trinajstić information content (AvgIpc) is 2.29. The number of halogens is 2. The third kappa shape index (κ3) is 2.47. The fraction of sp³-hybridized carbons (Fsp3) is 0. The lowest BCUT2D eigenvalue weighted by atomic mass is 10.2. The minimum absolute atomic E-state index is 0.0508. The maximum absolute atomic E-state index is 13.6. The van der Waals surface area contributed by atoms with E-state index in [4.69, 9.17) is 5.11 Å². The second-order valence-corrected chi connectivity index (χ2v) is 4.11. The molecule has 0 fully saturated rings. The molecule has 4 nitrogen and oxygen atoms in total. The van der Waals surface area contributed by atoms with Gasteiger partial charge in [-0.1, -0.05) is 15.9 Å². The molecule has 0 unspecified atom stereocenters. The lowest BCUT2D eigenvalue weighted by Crippen LogP contribution is -2.02. The van der Waals surface area contributed by atoms with Crippen LogP contribution in [0.15, 0.2) is 34.9 Å². The van der Waals surface area contributed by atoms with Crippen molar-refractivity contribution in [3.8, 4) is 11.4 Å². The highest BCUT2D eigenvalue weighted by Gasteiger charge is 2.11. The molecule has 0 aliphatic heterocycles. The van der Waals surface area contributed by atoms with Crippen LogP contribution in [-0.2, 0) is 0 Å². The third-order valence-electron chi connectivity index (χ3n) is 2.05. The number of carbonyl (C=O) groups is 1. The first-order valence-corrected chi connectivity index (χ1v) is 5.39. The summed E-state index contributed by atoms with van der Waals surface area (Å²) in [6.45, 7) is 0. The maximum Gasteiger partial charge on any atom is 0.354 e. The molecular formula is C11H6BrFN2O2. The summed E-state index contributed by atoms with van der Waals surface area (Å²) in [4.78, 5) is 18.4. The molecule has 2 rings (SSSR count). The summed E-state index contributed by atoms with van der Waals surface area (Å²) in [7, 11) is 0. The largest absolute Gasteiger partial charge is 0.477 e. The van der Waals surface area contributed by atoms with Gasteiger partial charge in [-0.3, -0.25) is 0 Å². The number of aromatic carboxylic acids is 1. The first-order valence-electron chi connectivity index (χ1n) is 4.59. The van der Waals surface area contributed by atoms with Gasteiger partial charge in [0.15, 0.2) is 11.5 Å². The predicted molar refractivity (Wildman–Crippen MR) is 62.1 cm³/mol. The van der Waals surface area contributed by atoms with Gasteiger partial charge in [0.2, 0.25) is 0 Å². The smallest absolute Gasteiger partial charge is 0.354 e. The van der Waals surface area contributed by atoms with Gasteiger partial charge in [-0.25, -0.2) is 19.2 Å². The van der Waals surface area contributed by atoms with Gasteiger partial charge < -0.3 is 5.11 Å². The molecule has 86 valence electrons. The van der Waals surface area contributed by atoms with E-state index < -0.39 is 11.8 Å². The van der Waals surface area contributed by atoms with Crippen LogP contribution < -0.4 is 0 Å². The van der Waals surface area contributed by atoms with Crippen LogP contribution in [0.2, 0.25) is 0 Å². The van der Waals surface area contributed by atoms with E-state index in [0.717, 1.165) is 0 Å². The molecule has 0 aliphatic rings. The van der Waals surface area contributed by atoms with Crippen LogP contribution >= 0.6 is 15.9 Å². The highest BCUT2D eigenvalue weighted by atomic mass is 79.9. The number of hydrogen-bond acceptors (Lipinski definition) is 3. The Morgan fingerprint density at radius 1 is 1.35 bits per heavy atom. The molecule has 0 radical (unpaired) electrons. The van der Waals surface area contributed by atoms with Crippen molar-refractivity contribution in [2.24, 2.45) is 0 Å². The van der Waals surface area contributed by atoms with Crippen molar-refractivity contribution >= 4 is 21.9 Å². The van der Waals surface area contributed by atoms with Crippen LogP contribution in [0.3, 0.4) is 0 Å². The van der Waals surface area contributed by atoms with E-state index in [1.807, 2.05) is 0 Å². The van der Waals surface area contributed by atoms with E-state index in [1.54, 1.807) is 6.07 Å². The van der Waals surface area contributed by atoms with Gasteiger partial charge in [0.1, 0.15) is 5.82 Å². The number of rotatable bonds is 2. The van der Waals surface area contributed by atoms with E-state index in [9.17, 15) is 9.18 Å². The summed E-state index contributed by atoms with van der Waals surface area (Å²) in [5, 5.41) is 8.78. The highest BCUT2D eigenvalue weighted by molar-refractivity contribution is 9.10. The second-order valence-electron chi connectivity index (χ2n) is 3.19. The fourth-order valence-corrected chi connectivity index (χ4v) is 1.61. The average molecular weight is 297 g/mol. The molecule has 0 atom stereocenters. The summed E-state index contributed by atoms with van der Waals surface area (Å²) in [5.74, 6) is -1.64. The SMILES string of the molecule is O=C(O)c1ccnc(-c2ccc(Br)cc2F)n1. The van der Waals surface area contributed by atoms with Crippen molar-refractivity contribution < 1.29 is 14.3 Å². The number of hydrogen-bond donors (Lipinski definition) is 1. The number of carboxylic acid groups (broad SMARTS) is 1.